The summed E-state index contributed by atoms with van der Waals surface area (Å²) in [6, 6.07) is 11.7. The highest BCUT2D eigenvalue weighted by Gasteiger charge is 2.44. The maximum atomic E-state index is 12.2. The van der Waals surface area contributed by atoms with Crippen LogP contribution in [0, 0.1) is 12.8 Å². The molecule has 1 aromatic carbocycles. The number of nitrogens with zero attached hydrogens (tertiary/aromatic N) is 1. The average molecular weight is 267 g/mol. The highest BCUT2D eigenvalue weighted by Crippen LogP contribution is 2.48. The summed E-state index contributed by atoms with van der Waals surface area (Å²) < 4.78 is 0. The fourth-order valence-electron chi connectivity index (χ4n) is 2.55. The minimum Gasteiger partial charge on any atom is -0.384 e. The van der Waals surface area contributed by atoms with Gasteiger partial charge < -0.3 is 11.1 Å². The van der Waals surface area contributed by atoms with Gasteiger partial charge in [-0.2, -0.15) is 0 Å². The SMILES string of the molecule is Cc1ccccc1C1CC1C(=O)Nc1ccc(N)nc1. The van der Waals surface area contributed by atoms with Crippen molar-refractivity contribution >= 4 is 17.4 Å². The number of nitrogens with one attached hydrogen (secondary N) is 1. The number of anilines is 2. The van der Waals surface area contributed by atoms with E-state index in [2.05, 4.69) is 29.4 Å². The number of amides is 1. The summed E-state index contributed by atoms with van der Waals surface area (Å²) in [6.45, 7) is 2.09. The lowest BCUT2D eigenvalue weighted by molar-refractivity contribution is -0.117. The van der Waals surface area contributed by atoms with Crippen LogP contribution >= 0.6 is 0 Å². The Balaban J connectivity index is 1.66. The molecule has 0 aliphatic heterocycles. The predicted octanol–water partition coefficient (Wildman–Crippen LogP) is 2.71. The van der Waals surface area contributed by atoms with Gasteiger partial charge in [-0.3, -0.25) is 4.79 Å². The molecule has 102 valence electrons. The average Bonchev–Trinajstić information content (AvgIpc) is 3.22. The second-order valence-corrected chi connectivity index (χ2v) is 5.27. The molecule has 3 N–H and O–H groups in total. The van der Waals surface area contributed by atoms with Crippen molar-refractivity contribution < 1.29 is 4.79 Å². The summed E-state index contributed by atoms with van der Waals surface area (Å²) >= 11 is 0. The van der Waals surface area contributed by atoms with Crippen LogP contribution in [0.3, 0.4) is 0 Å². The summed E-state index contributed by atoms with van der Waals surface area (Å²) in [7, 11) is 0. The van der Waals surface area contributed by atoms with Crippen molar-refractivity contribution in [3.05, 3.63) is 53.7 Å². The van der Waals surface area contributed by atoms with Gasteiger partial charge in [0.1, 0.15) is 5.82 Å². The Labute approximate surface area is 118 Å². The van der Waals surface area contributed by atoms with Gasteiger partial charge in [-0.05, 0) is 42.5 Å². The first kappa shape index (κ1) is 12.7. The van der Waals surface area contributed by atoms with Crippen LogP contribution in [0.4, 0.5) is 11.5 Å². The van der Waals surface area contributed by atoms with Gasteiger partial charge in [-0.15, -0.1) is 0 Å². The number of hydrogen-bond donors (Lipinski definition) is 2. The number of nitrogens with two attached hydrogens (primary N) is 1. The third-order valence-corrected chi connectivity index (χ3v) is 3.77. The van der Waals surface area contributed by atoms with Crippen LogP contribution in [0.1, 0.15) is 23.5 Å². The van der Waals surface area contributed by atoms with Crippen LogP contribution in [-0.2, 0) is 4.79 Å². The van der Waals surface area contributed by atoms with E-state index in [-0.39, 0.29) is 11.8 Å². The second-order valence-electron chi connectivity index (χ2n) is 5.27. The molecule has 1 heterocycles. The Morgan fingerprint density at radius 2 is 2.10 bits per heavy atom. The summed E-state index contributed by atoms with van der Waals surface area (Å²) in [5.41, 5.74) is 8.75. The van der Waals surface area contributed by atoms with Gasteiger partial charge in [-0.25, -0.2) is 4.98 Å². The molecule has 2 aromatic rings. The van der Waals surface area contributed by atoms with E-state index in [0.717, 1.165) is 6.42 Å². The molecule has 1 saturated carbocycles. The van der Waals surface area contributed by atoms with E-state index in [4.69, 9.17) is 5.73 Å². The highest BCUT2D eigenvalue weighted by molar-refractivity contribution is 5.95. The van der Waals surface area contributed by atoms with Crippen molar-refractivity contribution in [3.8, 4) is 0 Å². The molecule has 0 radical (unpaired) electrons. The first-order chi connectivity index (χ1) is 9.65. The van der Waals surface area contributed by atoms with E-state index in [0.29, 0.717) is 17.4 Å². The molecule has 3 rings (SSSR count). The molecule has 1 aliphatic carbocycles. The maximum Gasteiger partial charge on any atom is 0.228 e. The van der Waals surface area contributed by atoms with E-state index in [9.17, 15) is 4.79 Å². The Bertz CT molecular complexity index is 636. The third kappa shape index (κ3) is 2.50. The first-order valence-corrected chi connectivity index (χ1v) is 6.73. The molecule has 0 bridgehead atoms. The monoisotopic (exact) mass is 267 g/mol. The zero-order chi connectivity index (χ0) is 14.1. The Morgan fingerprint density at radius 1 is 1.30 bits per heavy atom. The number of benzene rings is 1. The smallest absolute Gasteiger partial charge is 0.228 e. The number of aryl methyl sites for hydroxylation is 1. The van der Waals surface area contributed by atoms with E-state index in [1.807, 2.05) is 12.1 Å². The number of pyridine rings is 1. The maximum absolute atomic E-state index is 12.2. The van der Waals surface area contributed by atoms with Gasteiger partial charge in [-0.1, -0.05) is 24.3 Å². The van der Waals surface area contributed by atoms with E-state index in [1.165, 1.54) is 11.1 Å². The van der Waals surface area contributed by atoms with Crippen LogP contribution in [-0.4, -0.2) is 10.9 Å². The zero-order valence-corrected chi connectivity index (χ0v) is 11.3. The van der Waals surface area contributed by atoms with E-state index in [1.54, 1.807) is 18.3 Å². The van der Waals surface area contributed by atoms with Gasteiger partial charge in [0.15, 0.2) is 0 Å². The van der Waals surface area contributed by atoms with Gasteiger partial charge >= 0.3 is 0 Å². The van der Waals surface area contributed by atoms with Crippen molar-refractivity contribution in [1.82, 2.24) is 4.98 Å². The molecule has 2 atom stereocenters. The molecule has 0 saturated heterocycles. The van der Waals surface area contributed by atoms with Gasteiger partial charge in [0, 0.05) is 5.92 Å². The van der Waals surface area contributed by atoms with E-state index < -0.39 is 0 Å². The molecule has 1 fully saturated rings. The van der Waals surface area contributed by atoms with Gasteiger partial charge in [0.2, 0.25) is 5.91 Å². The molecular weight excluding hydrogens is 250 g/mol. The Morgan fingerprint density at radius 3 is 2.80 bits per heavy atom. The molecule has 1 aromatic heterocycles. The molecule has 1 aliphatic rings. The lowest BCUT2D eigenvalue weighted by Gasteiger charge is -2.06. The number of aromatic nitrogens is 1. The summed E-state index contributed by atoms with van der Waals surface area (Å²) in [4.78, 5) is 16.2. The summed E-state index contributed by atoms with van der Waals surface area (Å²) in [5, 5.41) is 2.89. The lowest BCUT2D eigenvalue weighted by atomic mass is 10.0. The molecule has 20 heavy (non-hydrogen) atoms. The zero-order valence-electron chi connectivity index (χ0n) is 11.3. The van der Waals surface area contributed by atoms with Crippen LogP contribution in [0.25, 0.3) is 0 Å². The highest BCUT2D eigenvalue weighted by atomic mass is 16.2. The lowest BCUT2D eigenvalue weighted by Crippen LogP contribution is -2.14. The Hall–Kier alpha value is -2.36. The third-order valence-electron chi connectivity index (χ3n) is 3.77. The largest absolute Gasteiger partial charge is 0.384 e. The van der Waals surface area contributed by atoms with Crippen LogP contribution in [0.15, 0.2) is 42.6 Å². The van der Waals surface area contributed by atoms with Crippen LogP contribution in [0.2, 0.25) is 0 Å². The molecular formula is C16H17N3O. The van der Waals surface area contributed by atoms with Crippen LogP contribution in [0.5, 0.6) is 0 Å². The first-order valence-electron chi connectivity index (χ1n) is 6.73. The van der Waals surface area contributed by atoms with Crippen molar-refractivity contribution in [3.63, 3.8) is 0 Å². The molecule has 4 heteroatoms. The fraction of sp³-hybridized carbons (Fsp3) is 0.250. The van der Waals surface area contributed by atoms with Crippen molar-refractivity contribution in [1.29, 1.82) is 0 Å². The molecule has 2 unspecified atom stereocenters. The number of hydrogen-bond acceptors (Lipinski definition) is 3. The van der Waals surface area contributed by atoms with Crippen molar-refractivity contribution in [2.45, 2.75) is 19.3 Å². The second kappa shape index (κ2) is 4.96. The topological polar surface area (TPSA) is 68.0 Å². The fourth-order valence-corrected chi connectivity index (χ4v) is 2.55. The van der Waals surface area contributed by atoms with Gasteiger partial charge in [0.05, 0.1) is 11.9 Å². The van der Waals surface area contributed by atoms with Crippen molar-refractivity contribution in [2.24, 2.45) is 5.92 Å². The minimum atomic E-state index is 0.0600. The molecule has 4 nitrogen and oxygen atoms in total. The Kier molecular flexibility index (Phi) is 3.14. The van der Waals surface area contributed by atoms with Gasteiger partial charge in [0.25, 0.3) is 0 Å². The van der Waals surface area contributed by atoms with E-state index >= 15 is 0 Å². The molecule has 1 amide bonds. The quantitative estimate of drug-likeness (QED) is 0.898. The molecule has 0 spiro atoms. The number of carbonyl (C=O) groups excluding carboxylic acids is 1. The minimum absolute atomic E-state index is 0.0600. The van der Waals surface area contributed by atoms with Crippen LogP contribution < -0.4 is 11.1 Å². The summed E-state index contributed by atoms with van der Waals surface area (Å²) in [6.07, 6.45) is 2.50. The number of carbonyl (C=O) groups is 1. The number of rotatable bonds is 3. The predicted molar refractivity (Wildman–Crippen MR) is 79.3 cm³/mol. The standard InChI is InChI=1S/C16H17N3O/c1-10-4-2-3-5-12(10)13-8-14(13)16(20)19-11-6-7-15(17)18-9-11/h2-7,9,13-14H,8H2,1H3,(H2,17,18)(H,19,20). The number of nitrogen functional groups attached to an aromatic ring is 1. The van der Waals surface area contributed by atoms with Crippen molar-refractivity contribution in [2.75, 3.05) is 11.1 Å². The summed E-state index contributed by atoms with van der Waals surface area (Å²) in [5.74, 6) is 0.920. The normalized spacial score (nSPS) is 20.4.